The number of pyridine rings is 1. The Labute approximate surface area is 110 Å². The van der Waals surface area contributed by atoms with Gasteiger partial charge in [0.15, 0.2) is 0 Å². The smallest absolute Gasteiger partial charge is 0.326 e. The highest BCUT2D eigenvalue weighted by Gasteiger charge is 2.37. The van der Waals surface area contributed by atoms with E-state index >= 15 is 0 Å². The van der Waals surface area contributed by atoms with Crippen LogP contribution in [-0.2, 0) is 4.79 Å². The van der Waals surface area contributed by atoms with Crippen LogP contribution >= 0.6 is 0 Å². The van der Waals surface area contributed by atoms with Crippen LogP contribution < -0.4 is 10.1 Å². The van der Waals surface area contributed by atoms with Crippen molar-refractivity contribution < 1.29 is 19.4 Å². The third-order valence-corrected chi connectivity index (χ3v) is 3.08. The van der Waals surface area contributed by atoms with Crippen molar-refractivity contribution in [1.82, 2.24) is 10.3 Å². The van der Waals surface area contributed by atoms with Crippen LogP contribution in [0.1, 0.15) is 28.9 Å². The van der Waals surface area contributed by atoms with Crippen molar-refractivity contribution in [1.29, 1.82) is 0 Å². The van der Waals surface area contributed by atoms with Crippen molar-refractivity contribution in [2.45, 2.75) is 25.8 Å². The number of aliphatic carboxylic acids is 1. The predicted octanol–water partition coefficient (Wildman–Crippen LogP) is 0.992. The van der Waals surface area contributed by atoms with Crippen molar-refractivity contribution in [2.75, 3.05) is 7.11 Å². The largest absolute Gasteiger partial charge is 0.480 e. The highest BCUT2D eigenvalue weighted by atomic mass is 16.5. The summed E-state index contributed by atoms with van der Waals surface area (Å²) in [4.78, 5) is 27.3. The maximum Gasteiger partial charge on any atom is 0.326 e. The zero-order valence-electron chi connectivity index (χ0n) is 10.8. The van der Waals surface area contributed by atoms with Gasteiger partial charge in [-0.2, -0.15) is 0 Å². The molecule has 6 heteroatoms. The van der Waals surface area contributed by atoms with Gasteiger partial charge in [0.25, 0.3) is 5.91 Å². The molecule has 0 aromatic carbocycles. The van der Waals surface area contributed by atoms with Gasteiger partial charge in [0.1, 0.15) is 11.6 Å². The van der Waals surface area contributed by atoms with Crippen LogP contribution in [0.5, 0.6) is 5.88 Å². The van der Waals surface area contributed by atoms with Crippen molar-refractivity contribution in [3.8, 4) is 5.88 Å². The Morgan fingerprint density at radius 1 is 1.47 bits per heavy atom. The monoisotopic (exact) mass is 264 g/mol. The maximum atomic E-state index is 12.1. The first kappa shape index (κ1) is 13.3. The standard InChI is InChI=1S/C13H16N2O4/c1-7-3-6-9(12(14-7)19-2)11(16)15-10(13(17)18)8-4-5-8/h3,6,8,10H,4-5H2,1-2H3,(H,15,16)(H,17,18). The Kier molecular flexibility index (Phi) is 3.69. The summed E-state index contributed by atoms with van der Waals surface area (Å²) in [6.07, 6.45) is 1.67. The van der Waals surface area contributed by atoms with Gasteiger partial charge < -0.3 is 15.2 Å². The van der Waals surface area contributed by atoms with Crippen LogP contribution in [0.4, 0.5) is 0 Å². The molecule has 1 fully saturated rings. The molecule has 0 aliphatic heterocycles. The van der Waals surface area contributed by atoms with Crippen LogP contribution in [0.2, 0.25) is 0 Å². The average molecular weight is 264 g/mol. The van der Waals surface area contributed by atoms with Gasteiger partial charge >= 0.3 is 5.97 Å². The fourth-order valence-corrected chi connectivity index (χ4v) is 1.89. The number of nitrogens with one attached hydrogen (secondary N) is 1. The molecule has 102 valence electrons. The number of hydrogen-bond acceptors (Lipinski definition) is 4. The second-order valence-corrected chi connectivity index (χ2v) is 4.64. The topological polar surface area (TPSA) is 88.5 Å². The normalized spacial score (nSPS) is 15.7. The van der Waals surface area contributed by atoms with Gasteiger partial charge in [0.05, 0.1) is 7.11 Å². The van der Waals surface area contributed by atoms with E-state index in [2.05, 4.69) is 10.3 Å². The van der Waals surface area contributed by atoms with E-state index in [0.29, 0.717) is 0 Å². The third-order valence-electron chi connectivity index (χ3n) is 3.08. The highest BCUT2D eigenvalue weighted by molar-refractivity contribution is 5.98. The van der Waals surface area contributed by atoms with E-state index in [-0.39, 0.29) is 17.4 Å². The summed E-state index contributed by atoms with van der Waals surface area (Å²) in [5, 5.41) is 11.6. The van der Waals surface area contributed by atoms with Crippen LogP contribution in [-0.4, -0.2) is 35.1 Å². The fourth-order valence-electron chi connectivity index (χ4n) is 1.89. The minimum Gasteiger partial charge on any atom is -0.480 e. The van der Waals surface area contributed by atoms with Crippen molar-refractivity contribution in [3.05, 3.63) is 23.4 Å². The molecule has 1 unspecified atom stereocenters. The molecule has 2 rings (SSSR count). The average Bonchev–Trinajstić information content (AvgIpc) is 3.19. The molecule has 6 nitrogen and oxygen atoms in total. The molecule has 1 saturated carbocycles. The van der Waals surface area contributed by atoms with Gasteiger partial charge in [-0.1, -0.05) is 0 Å². The maximum absolute atomic E-state index is 12.1. The van der Waals surface area contributed by atoms with Crippen LogP contribution in [0.3, 0.4) is 0 Å². The van der Waals surface area contributed by atoms with Crippen LogP contribution in [0.15, 0.2) is 12.1 Å². The molecular formula is C13H16N2O4. The number of carbonyl (C=O) groups excluding carboxylic acids is 1. The quantitative estimate of drug-likeness (QED) is 0.828. The van der Waals surface area contributed by atoms with Crippen molar-refractivity contribution in [3.63, 3.8) is 0 Å². The van der Waals surface area contributed by atoms with E-state index in [1.54, 1.807) is 19.1 Å². The number of amides is 1. The van der Waals surface area contributed by atoms with E-state index in [9.17, 15) is 9.59 Å². The summed E-state index contributed by atoms with van der Waals surface area (Å²) in [6.45, 7) is 1.79. The van der Waals surface area contributed by atoms with Crippen LogP contribution in [0, 0.1) is 12.8 Å². The lowest BCUT2D eigenvalue weighted by Crippen LogP contribution is -2.42. The highest BCUT2D eigenvalue weighted by Crippen LogP contribution is 2.33. The lowest BCUT2D eigenvalue weighted by atomic mass is 10.1. The predicted molar refractivity (Wildman–Crippen MR) is 67.1 cm³/mol. The molecular weight excluding hydrogens is 248 g/mol. The molecule has 1 aliphatic carbocycles. The first-order valence-electron chi connectivity index (χ1n) is 6.08. The van der Waals surface area contributed by atoms with E-state index in [1.165, 1.54) is 7.11 Å². The Hall–Kier alpha value is -2.11. The van der Waals surface area contributed by atoms with Gasteiger partial charge in [-0.05, 0) is 37.8 Å². The zero-order valence-corrected chi connectivity index (χ0v) is 10.8. The number of aryl methyl sites for hydroxylation is 1. The van der Waals surface area contributed by atoms with Gasteiger partial charge in [-0.15, -0.1) is 0 Å². The van der Waals surface area contributed by atoms with E-state index in [1.807, 2.05) is 0 Å². The second kappa shape index (κ2) is 5.26. The number of rotatable bonds is 5. The number of nitrogens with zero attached hydrogens (tertiary/aromatic N) is 1. The third kappa shape index (κ3) is 3.01. The number of methoxy groups -OCH3 is 1. The van der Waals surface area contributed by atoms with Gasteiger partial charge in [0, 0.05) is 5.69 Å². The molecule has 0 radical (unpaired) electrons. The molecule has 0 bridgehead atoms. The number of carboxylic acid groups (broad SMARTS) is 1. The lowest BCUT2D eigenvalue weighted by molar-refractivity contribution is -0.139. The lowest BCUT2D eigenvalue weighted by Gasteiger charge is -2.14. The number of carbonyl (C=O) groups is 2. The summed E-state index contributed by atoms with van der Waals surface area (Å²) in [5.41, 5.74) is 0.977. The van der Waals surface area contributed by atoms with Crippen LogP contribution in [0.25, 0.3) is 0 Å². The minimum absolute atomic E-state index is 0.0332. The fraction of sp³-hybridized carbons (Fsp3) is 0.462. The Balaban J connectivity index is 2.17. The molecule has 19 heavy (non-hydrogen) atoms. The van der Waals surface area contributed by atoms with E-state index in [4.69, 9.17) is 9.84 Å². The Morgan fingerprint density at radius 2 is 2.16 bits per heavy atom. The molecule has 0 spiro atoms. The van der Waals surface area contributed by atoms with E-state index in [0.717, 1.165) is 18.5 Å². The summed E-state index contributed by atoms with van der Waals surface area (Å²) >= 11 is 0. The SMILES string of the molecule is COc1nc(C)ccc1C(=O)NC(C(=O)O)C1CC1. The molecule has 1 aliphatic rings. The minimum atomic E-state index is -1.00. The summed E-state index contributed by atoms with van der Waals surface area (Å²) < 4.78 is 5.05. The molecule has 0 saturated heterocycles. The number of hydrogen-bond donors (Lipinski definition) is 2. The number of carboxylic acids is 1. The van der Waals surface area contributed by atoms with E-state index < -0.39 is 17.9 Å². The summed E-state index contributed by atoms with van der Waals surface area (Å²) in [6, 6.07) is 2.44. The van der Waals surface area contributed by atoms with Gasteiger partial charge in [0.2, 0.25) is 5.88 Å². The first-order chi connectivity index (χ1) is 9.02. The van der Waals surface area contributed by atoms with Gasteiger partial charge in [-0.3, -0.25) is 4.79 Å². The molecule has 1 aromatic rings. The second-order valence-electron chi connectivity index (χ2n) is 4.64. The number of ether oxygens (including phenoxy) is 1. The van der Waals surface area contributed by atoms with Crippen molar-refractivity contribution in [2.24, 2.45) is 5.92 Å². The zero-order chi connectivity index (χ0) is 14.0. The molecule has 1 atom stereocenters. The summed E-state index contributed by atoms with van der Waals surface area (Å²) in [7, 11) is 1.42. The molecule has 1 aromatic heterocycles. The number of aromatic nitrogens is 1. The summed E-state index contributed by atoms with van der Waals surface area (Å²) in [5.74, 6) is -1.23. The molecule has 1 heterocycles. The Morgan fingerprint density at radius 3 is 2.68 bits per heavy atom. The first-order valence-corrected chi connectivity index (χ1v) is 6.08. The Bertz CT molecular complexity index is 511. The molecule has 2 N–H and O–H groups in total. The molecule has 1 amide bonds. The van der Waals surface area contributed by atoms with Gasteiger partial charge in [-0.25, -0.2) is 9.78 Å². The van der Waals surface area contributed by atoms with Crippen molar-refractivity contribution >= 4 is 11.9 Å².